The molecule has 1 heterocycles. The highest BCUT2D eigenvalue weighted by Gasteiger charge is 2.15. The van der Waals surface area contributed by atoms with E-state index in [0.717, 1.165) is 5.56 Å². The fourth-order valence-electron chi connectivity index (χ4n) is 1.37. The predicted octanol–water partition coefficient (Wildman–Crippen LogP) is 2.47. The second-order valence-electron chi connectivity index (χ2n) is 3.68. The molecule has 1 aromatic carbocycles. The zero-order valence-corrected chi connectivity index (χ0v) is 8.70. The molecule has 0 fully saturated rings. The van der Waals surface area contributed by atoms with Gasteiger partial charge in [0.1, 0.15) is 5.54 Å². The van der Waals surface area contributed by atoms with Crippen LogP contribution >= 0.6 is 0 Å². The Bertz CT molecular complexity index is 445. The molecule has 1 heteroatoms. The molecule has 1 aliphatic rings. The van der Waals surface area contributed by atoms with E-state index in [9.17, 15) is 0 Å². The lowest BCUT2D eigenvalue weighted by molar-refractivity contribution is 0.634. The van der Waals surface area contributed by atoms with Crippen LogP contribution in [0.15, 0.2) is 54.8 Å². The normalized spacial score (nSPS) is 22.7. The Labute approximate surface area is 90.5 Å². The van der Waals surface area contributed by atoms with Crippen LogP contribution in [0.25, 0.3) is 0 Å². The largest absolute Gasteiger partial charge is 0.372 e. The van der Waals surface area contributed by atoms with Crippen LogP contribution in [0.1, 0.15) is 12.5 Å². The van der Waals surface area contributed by atoms with E-state index in [1.165, 1.54) is 0 Å². The van der Waals surface area contributed by atoms with Gasteiger partial charge in [-0.2, -0.15) is 0 Å². The molecular formula is C14H13N. The summed E-state index contributed by atoms with van der Waals surface area (Å²) in [6.45, 7) is 2.06. The first-order valence-electron chi connectivity index (χ1n) is 4.99. The maximum Gasteiger partial charge on any atom is 0.115 e. The number of hydrogen-bond acceptors (Lipinski definition) is 1. The molecule has 0 aliphatic carbocycles. The lowest BCUT2D eigenvalue weighted by Crippen LogP contribution is -2.36. The summed E-state index contributed by atoms with van der Waals surface area (Å²) in [6, 6.07) is 10.0. The van der Waals surface area contributed by atoms with E-state index in [1.54, 1.807) is 0 Å². The van der Waals surface area contributed by atoms with Gasteiger partial charge in [0.15, 0.2) is 0 Å². The third-order valence-electron chi connectivity index (χ3n) is 2.26. The third kappa shape index (κ3) is 2.51. The average molecular weight is 195 g/mol. The summed E-state index contributed by atoms with van der Waals surface area (Å²) >= 11 is 0. The van der Waals surface area contributed by atoms with Gasteiger partial charge >= 0.3 is 0 Å². The number of rotatable bonds is 0. The third-order valence-corrected chi connectivity index (χ3v) is 2.26. The quantitative estimate of drug-likeness (QED) is 0.627. The van der Waals surface area contributed by atoms with E-state index in [4.69, 9.17) is 0 Å². The molecule has 0 bridgehead atoms. The molecule has 0 saturated carbocycles. The molecular weight excluding hydrogens is 182 g/mol. The molecule has 0 saturated heterocycles. The Hall–Kier alpha value is -1.94. The number of nitrogens with one attached hydrogen (secondary N) is 1. The fraction of sp³-hybridized carbons (Fsp3) is 0.143. The standard InChI is InChI=1S/C14H13N/c1-14(10-5-6-12-15-14)11-9-13-7-3-2-4-8-13/h2-8,10,12,15H,1H3. The van der Waals surface area contributed by atoms with Crippen LogP contribution in [0.2, 0.25) is 0 Å². The summed E-state index contributed by atoms with van der Waals surface area (Å²) in [6.07, 6.45) is 7.95. The molecule has 0 aromatic heterocycles. The molecule has 15 heavy (non-hydrogen) atoms. The van der Waals surface area contributed by atoms with Gasteiger partial charge in [0, 0.05) is 5.56 Å². The Morgan fingerprint density at radius 1 is 1.13 bits per heavy atom. The molecule has 0 radical (unpaired) electrons. The molecule has 1 N–H and O–H groups in total. The molecule has 1 nitrogen and oxygen atoms in total. The molecule has 1 aromatic rings. The topological polar surface area (TPSA) is 12.0 Å². The van der Waals surface area contributed by atoms with Gasteiger partial charge in [0.2, 0.25) is 0 Å². The van der Waals surface area contributed by atoms with Crippen LogP contribution in [-0.4, -0.2) is 5.54 Å². The average Bonchev–Trinajstić information content (AvgIpc) is 2.29. The minimum absolute atomic E-state index is 0.245. The van der Waals surface area contributed by atoms with Crippen LogP contribution < -0.4 is 5.32 Å². The summed E-state index contributed by atoms with van der Waals surface area (Å²) in [7, 11) is 0. The first kappa shape index (κ1) is 9.61. The van der Waals surface area contributed by atoms with Gasteiger partial charge in [-0.3, -0.25) is 0 Å². The first-order valence-corrected chi connectivity index (χ1v) is 4.99. The highest BCUT2D eigenvalue weighted by molar-refractivity contribution is 5.40. The maximum absolute atomic E-state index is 3.22. The van der Waals surface area contributed by atoms with Crippen molar-refractivity contribution in [2.45, 2.75) is 12.5 Å². The van der Waals surface area contributed by atoms with Crippen molar-refractivity contribution in [1.82, 2.24) is 5.32 Å². The van der Waals surface area contributed by atoms with E-state index in [1.807, 2.05) is 48.7 Å². The number of hydrogen-bond donors (Lipinski definition) is 1. The molecule has 2 rings (SSSR count). The number of dihydropyridines is 1. The van der Waals surface area contributed by atoms with Crippen molar-refractivity contribution in [3.63, 3.8) is 0 Å². The van der Waals surface area contributed by atoms with Crippen LogP contribution in [-0.2, 0) is 0 Å². The smallest absolute Gasteiger partial charge is 0.115 e. The van der Waals surface area contributed by atoms with Crippen molar-refractivity contribution >= 4 is 0 Å². The van der Waals surface area contributed by atoms with Crippen LogP contribution in [0.3, 0.4) is 0 Å². The highest BCUT2D eigenvalue weighted by atomic mass is 14.9. The van der Waals surface area contributed by atoms with Crippen LogP contribution in [0.4, 0.5) is 0 Å². The van der Waals surface area contributed by atoms with E-state index in [2.05, 4.69) is 30.2 Å². The first-order chi connectivity index (χ1) is 7.29. The van der Waals surface area contributed by atoms with E-state index in [0.29, 0.717) is 0 Å². The van der Waals surface area contributed by atoms with Crippen LogP contribution in [0.5, 0.6) is 0 Å². The van der Waals surface area contributed by atoms with E-state index < -0.39 is 0 Å². The van der Waals surface area contributed by atoms with Gasteiger partial charge in [0.05, 0.1) is 0 Å². The fourth-order valence-corrected chi connectivity index (χ4v) is 1.37. The van der Waals surface area contributed by atoms with Crippen molar-refractivity contribution < 1.29 is 0 Å². The van der Waals surface area contributed by atoms with E-state index >= 15 is 0 Å². The minimum Gasteiger partial charge on any atom is -0.372 e. The van der Waals surface area contributed by atoms with E-state index in [-0.39, 0.29) is 5.54 Å². The minimum atomic E-state index is -0.245. The maximum atomic E-state index is 3.22. The SMILES string of the molecule is CC1(C#Cc2ccccc2)C=CC=CN1. The lowest BCUT2D eigenvalue weighted by Gasteiger charge is -2.21. The summed E-state index contributed by atoms with van der Waals surface area (Å²) in [5.74, 6) is 6.37. The summed E-state index contributed by atoms with van der Waals surface area (Å²) in [4.78, 5) is 0. The Kier molecular flexibility index (Phi) is 2.60. The second-order valence-corrected chi connectivity index (χ2v) is 3.68. The van der Waals surface area contributed by atoms with Crippen LogP contribution in [0, 0.1) is 11.8 Å². The number of allylic oxidation sites excluding steroid dienone is 2. The summed E-state index contributed by atoms with van der Waals surface area (Å²) in [5, 5.41) is 3.22. The van der Waals surface area contributed by atoms with Crippen molar-refractivity contribution in [2.24, 2.45) is 0 Å². The zero-order valence-electron chi connectivity index (χ0n) is 8.70. The molecule has 0 spiro atoms. The molecule has 1 unspecified atom stereocenters. The van der Waals surface area contributed by atoms with Crippen molar-refractivity contribution in [3.8, 4) is 11.8 Å². The van der Waals surface area contributed by atoms with Gasteiger partial charge in [-0.1, -0.05) is 36.1 Å². The summed E-state index contributed by atoms with van der Waals surface area (Å²) in [5.41, 5.74) is 0.799. The zero-order chi connectivity index (χ0) is 10.6. The van der Waals surface area contributed by atoms with Crippen molar-refractivity contribution in [1.29, 1.82) is 0 Å². The second kappa shape index (κ2) is 4.06. The van der Waals surface area contributed by atoms with Gasteiger partial charge < -0.3 is 5.32 Å². The summed E-state index contributed by atoms with van der Waals surface area (Å²) < 4.78 is 0. The van der Waals surface area contributed by atoms with Crippen molar-refractivity contribution in [3.05, 3.63) is 60.3 Å². The monoisotopic (exact) mass is 195 g/mol. The predicted molar refractivity (Wildman–Crippen MR) is 63.1 cm³/mol. The van der Waals surface area contributed by atoms with Gasteiger partial charge in [-0.25, -0.2) is 0 Å². The Balaban J connectivity index is 2.19. The van der Waals surface area contributed by atoms with Gasteiger partial charge in [-0.05, 0) is 37.4 Å². The molecule has 1 atom stereocenters. The van der Waals surface area contributed by atoms with Gasteiger partial charge in [0.25, 0.3) is 0 Å². The highest BCUT2D eigenvalue weighted by Crippen LogP contribution is 2.08. The lowest BCUT2D eigenvalue weighted by atomic mass is 10.0. The Morgan fingerprint density at radius 3 is 2.60 bits per heavy atom. The number of benzene rings is 1. The molecule has 74 valence electrons. The molecule has 1 aliphatic heterocycles. The molecule has 0 amide bonds. The Morgan fingerprint density at radius 2 is 1.93 bits per heavy atom. The van der Waals surface area contributed by atoms with Crippen molar-refractivity contribution in [2.75, 3.05) is 0 Å². The van der Waals surface area contributed by atoms with Gasteiger partial charge in [-0.15, -0.1) is 0 Å².